The Morgan fingerprint density at radius 2 is 1.89 bits per heavy atom. The van der Waals surface area contributed by atoms with Crippen molar-refractivity contribution in [2.75, 3.05) is 19.4 Å². The molecular weight excluding hydrogens is 482 g/mol. The Balaban J connectivity index is 1.64. The van der Waals surface area contributed by atoms with E-state index in [-0.39, 0.29) is 18.9 Å². The van der Waals surface area contributed by atoms with Gasteiger partial charge >= 0.3 is 0 Å². The SMILES string of the molecule is CCc1sc(C(=O)CCc2cc(C)c(OCC(O)CNS(C)(=O)=O)c(C)c2)c2c1CC(C)(C)CC2. The van der Waals surface area contributed by atoms with Crippen LogP contribution in [0.25, 0.3) is 0 Å². The predicted octanol–water partition coefficient (Wildman–Crippen LogP) is 4.55. The van der Waals surface area contributed by atoms with Gasteiger partial charge in [-0.05, 0) is 79.2 Å². The molecule has 1 unspecified atom stereocenters. The van der Waals surface area contributed by atoms with E-state index in [0.717, 1.165) is 53.5 Å². The molecule has 1 aliphatic rings. The first kappa shape index (κ1) is 27.8. The molecule has 1 aliphatic carbocycles. The summed E-state index contributed by atoms with van der Waals surface area (Å²) in [6, 6.07) is 4.06. The Bertz CT molecular complexity index is 1160. The molecular formula is C27H39NO5S2. The van der Waals surface area contributed by atoms with Crippen LogP contribution in [0.1, 0.15) is 76.0 Å². The average Bonchev–Trinajstić information content (AvgIpc) is 3.11. The zero-order chi connectivity index (χ0) is 26.0. The third-order valence-electron chi connectivity index (χ3n) is 6.64. The summed E-state index contributed by atoms with van der Waals surface area (Å²) in [5.74, 6) is 0.920. The van der Waals surface area contributed by atoms with Gasteiger partial charge in [-0.1, -0.05) is 32.9 Å². The third kappa shape index (κ3) is 7.38. The van der Waals surface area contributed by atoms with Crippen molar-refractivity contribution in [3.63, 3.8) is 0 Å². The van der Waals surface area contributed by atoms with Gasteiger partial charge in [0.25, 0.3) is 0 Å². The van der Waals surface area contributed by atoms with Crippen LogP contribution in [0.3, 0.4) is 0 Å². The number of benzene rings is 1. The van der Waals surface area contributed by atoms with E-state index in [9.17, 15) is 18.3 Å². The number of hydrogen-bond donors (Lipinski definition) is 2. The standard InChI is InChI=1S/C27H39NO5S2/c1-7-24-22-14-27(4,5)11-10-21(22)26(34-24)23(30)9-8-19-12-17(2)25(18(3)13-19)33-16-20(29)15-28-35(6,31)32/h12-13,20,28-29H,7-11,14-16H2,1-6H3. The second kappa shape index (κ2) is 11.1. The van der Waals surface area contributed by atoms with E-state index in [4.69, 9.17) is 4.74 Å². The Labute approximate surface area is 214 Å². The van der Waals surface area contributed by atoms with Crippen molar-refractivity contribution >= 4 is 27.1 Å². The molecule has 35 heavy (non-hydrogen) atoms. The van der Waals surface area contributed by atoms with Crippen molar-refractivity contribution in [3.05, 3.63) is 49.7 Å². The number of fused-ring (bicyclic) bond motifs is 1. The number of carbonyl (C=O) groups excluding carboxylic acids is 1. The first-order valence-electron chi connectivity index (χ1n) is 12.3. The smallest absolute Gasteiger partial charge is 0.208 e. The summed E-state index contributed by atoms with van der Waals surface area (Å²) in [6.07, 6.45) is 5.42. The Kier molecular flexibility index (Phi) is 8.84. The average molecular weight is 522 g/mol. The highest BCUT2D eigenvalue weighted by atomic mass is 32.2. The molecule has 1 heterocycles. The van der Waals surface area contributed by atoms with E-state index in [1.54, 1.807) is 11.3 Å². The van der Waals surface area contributed by atoms with Gasteiger partial charge in [-0.15, -0.1) is 11.3 Å². The molecule has 6 nitrogen and oxygen atoms in total. The minimum absolute atomic E-state index is 0.0118. The lowest BCUT2D eigenvalue weighted by Crippen LogP contribution is -2.34. The highest BCUT2D eigenvalue weighted by molar-refractivity contribution is 7.88. The van der Waals surface area contributed by atoms with E-state index in [1.807, 2.05) is 26.0 Å². The van der Waals surface area contributed by atoms with Crippen LogP contribution in [0.15, 0.2) is 12.1 Å². The zero-order valence-corrected chi connectivity index (χ0v) is 23.4. The number of carbonyl (C=O) groups is 1. The monoisotopic (exact) mass is 521 g/mol. The van der Waals surface area contributed by atoms with Crippen molar-refractivity contribution in [2.45, 2.75) is 79.2 Å². The van der Waals surface area contributed by atoms with Crippen molar-refractivity contribution in [2.24, 2.45) is 5.41 Å². The minimum atomic E-state index is -3.36. The molecule has 0 spiro atoms. The van der Waals surface area contributed by atoms with Gasteiger partial charge in [0, 0.05) is 17.8 Å². The highest BCUT2D eigenvalue weighted by Gasteiger charge is 2.31. The Morgan fingerprint density at radius 3 is 2.49 bits per heavy atom. The number of nitrogens with one attached hydrogen (secondary N) is 1. The molecule has 1 atom stereocenters. The predicted molar refractivity (Wildman–Crippen MR) is 142 cm³/mol. The van der Waals surface area contributed by atoms with E-state index in [2.05, 4.69) is 25.5 Å². The fourth-order valence-electron chi connectivity index (χ4n) is 4.83. The molecule has 0 amide bonds. The van der Waals surface area contributed by atoms with E-state index >= 15 is 0 Å². The number of ketones is 1. The van der Waals surface area contributed by atoms with Gasteiger partial charge in [0.05, 0.1) is 11.1 Å². The lowest BCUT2D eigenvalue weighted by molar-refractivity contribution is 0.0985. The Morgan fingerprint density at radius 1 is 1.23 bits per heavy atom. The van der Waals surface area contributed by atoms with E-state index < -0.39 is 16.1 Å². The van der Waals surface area contributed by atoms with Gasteiger partial charge in [-0.25, -0.2) is 13.1 Å². The van der Waals surface area contributed by atoms with Crippen molar-refractivity contribution < 1.29 is 23.1 Å². The number of ether oxygens (including phenoxy) is 1. The van der Waals surface area contributed by atoms with Gasteiger partial charge in [0.2, 0.25) is 10.0 Å². The van der Waals surface area contributed by atoms with Crippen LogP contribution in [0.4, 0.5) is 0 Å². The lowest BCUT2D eigenvalue weighted by Gasteiger charge is -2.30. The summed E-state index contributed by atoms with van der Waals surface area (Å²) in [7, 11) is -3.36. The number of aryl methyl sites for hydroxylation is 4. The van der Waals surface area contributed by atoms with Crippen LogP contribution in [-0.2, 0) is 35.7 Å². The van der Waals surface area contributed by atoms with Crippen LogP contribution in [0.2, 0.25) is 0 Å². The second-order valence-corrected chi connectivity index (χ2v) is 13.5. The van der Waals surface area contributed by atoms with Gasteiger partial charge in [0.15, 0.2) is 5.78 Å². The molecule has 0 aliphatic heterocycles. The first-order valence-corrected chi connectivity index (χ1v) is 15.0. The summed E-state index contributed by atoms with van der Waals surface area (Å²) >= 11 is 1.71. The Hall–Kier alpha value is -1.74. The van der Waals surface area contributed by atoms with Crippen LogP contribution < -0.4 is 9.46 Å². The highest BCUT2D eigenvalue weighted by Crippen LogP contribution is 2.42. The third-order valence-corrected chi connectivity index (χ3v) is 8.79. The zero-order valence-electron chi connectivity index (χ0n) is 21.8. The maximum atomic E-state index is 13.2. The van der Waals surface area contributed by atoms with Gasteiger partial charge in [0.1, 0.15) is 18.5 Å². The number of hydrogen-bond acceptors (Lipinski definition) is 6. The molecule has 0 fully saturated rings. The van der Waals surface area contributed by atoms with Gasteiger partial charge in [-0.3, -0.25) is 4.79 Å². The number of thiophene rings is 1. The van der Waals surface area contributed by atoms with Crippen LogP contribution in [-0.4, -0.2) is 44.8 Å². The molecule has 0 saturated carbocycles. The molecule has 2 N–H and O–H groups in total. The fourth-order valence-corrected chi connectivity index (χ4v) is 6.60. The van der Waals surface area contributed by atoms with E-state index in [1.165, 1.54) is 16.0 Å². The normalized spacial score (nSPS) is 16.1. The van der Waals surface area contributed by atoms with Gasteiger partial charge in [-0.2, -0.15) is 0 Å². The maximum Gasteiger partial charge on any atom is 0.208 e. The first-order chi connectivity index (χ1) is 16.3. The van der Waals surface area contributed by atoms with Crippen LogP contribution in [0, 0.1) is 19.3 Å². The molecule has 1 aromatic carbocycles. The maximum absolute atomic E-state index is 13.2. The molecule has 3 rings (SSSR count). The van der Waals surface area contributed by atoms with Crippen molar-refractivity contribution in [3.8, 4) is 5.75 Å². The van der Waals surface area contributed by atoms with Crippen molar-refractivity contribution in [1.29, 1.82) is 0 Å². The largest absolute Gasteiger partial charge is 0.490 e. The number of aliphatic hydroxyl groups excluding tert-OH is 1. The summed E-state index contributed by atoms with van der Waals surface area (Å²) in [5.41, 5.74) is 5.98. The van der Waals surface area contributed by atoms with Gasteiger partial charge < -0.3 is 9.84 Å². The number of aliphatic hydroxyl groups is 1. The molecule has 1 aromatic heterocycles. The number of sulfonamides is 1. The molecule has 0 radical (unpaired) electrons. The lowest BCUT2D eigenvalue weighted by atomic mass is 9.74. The molecule has 2 aromatic rings. The summed E-state index contributed by atoms with van der Waals surface area (Å²) in [4.78, 5) is 15.6. The summed E-state index contributed by atoms with van der Waals surface area (Å²) in [6.45, 7) is 10.6. The molecule has 0 bridgehead atoms. The van der Waals surface area contributed by atoms with Crippen LogP contribution in [0.5, 0.6) is 5.75 Å². The fraction of sp³-hybridized carbons (Fsp3) is 0.593. The second-order valence-electron chi connectivity index (χ2n) is 10.6. The quantitative estimate of drug-likeness (QED) is 0.423. The number of Topliss-reactive ketones (excluding diaryl/α,β-unsaturated/α-hetero) is 1. The number of rotatable bonds is 11. The van der Waals surface area contributed by atoms with E-state index in [0.29, 0.717) is 24.0 Å². The summed E-state index contributed by atoms with van der Waals surface area (Å²) in [5, 5.41) is 10.0. The minimum Gasteiger partial charge on any atom is -0.490 e. The molecule has 194 valence electrons. The van der Waals surface area contributed by atoms with Crippen LogP contribution >= 0.6 is 11.3 Å². The summed E-state index contributed by atoms with van der Waals surface area (Å²) < 4.78 is 30.4. The molecule has 0 saturated heterocycles. The van der Waals surface area contributed by atoms with Crippen molar-refractivity contribution in [1.82, 2.24) is 4.72 Å². The topological polar surface area (TPSA) is 92.7 Å². The molecule has 8 heteroatoms.